The lowest BCUT2D eigenvalue weighted by atomic mass is 9.95. The van der Waals surface area contributed by atoms with Gasteiger partial charge in [0.15, 0.2) is 0 Å². The minimum absolute atomic E-state index is 0.0952. The summed E-state index contributed by atoms with van der Waals surface area (Å²) in [6.45, 7) is 2.46. The molecule has 8 nitrogen and oxygen atoms in total. The van der Waals surface area contributed by atoms with E-state index in [1.807, 2.05) is 24.3 Å². The summed E-state index contributed by atoms with van der Waals surface area (Å²) >= 11 is 0. The summed E-state index contributed by atoms with van der Waals surface area (Å²) in [5, 5.41) is 15.6. The molecule has 0 spiro atoms. The number of alkyl halides is 2. The molecule has 2 aromatic carbocycles. The molecule has 0 saturated carbocycles. The molecule has 11 heteroatoms. The summed E-state index contributed by atoms with van der Waals surface area (Å²) in [5.41, 5.74) is 0.732. The minimum Gasteiger partial charge on any atom is -0.426 e. The van der Waals surface area contributed by atoms with Crippen LogP contribution in [-0.2, 0) is 37.4 Å². The van der Waals surface area contributed by atoms with E-state index in [2.05, 4.69) is 4.74 Å². The first kappa shape index (κ1) is 24.1. The molecule has 0 heterocycles. The van der Waals surface area contributed by atoms with Gasteiger partial charge in [0.05, 0.1) is 12.2 Å². The monoisotopic (exact) mass is 448 g/mol. The van der Waals surface area contributed by atoms with Gasteiger partial charge in [0.1, 0.15) is 6.61 Å². The van der Waals surface area contributed by atoms with Gasteiger partial charge in [-0.2, -0.15) is 17.2 Å². The molecule has 30 heavy (non-hydrogen) atoms. The van der Waals surface area contributed by atoms with Crippen LogP contribution in [0.15, 0.2) is 36.4 Å². The number of aliphatic hydroxyl groups excluding tert-OH is 1. The summed E-state index contributed by atoms with van der Waals surface area (Å²) in [5.74, 6) is -1.45. The molecule has 3 N–H and O–H groups in total. The third-order valence-corrected chi connectivity index (χ3v) is 4.91. The second-order valence-corrected chi connectivity index (χ2v) is 8.83. The fraction of sp³-hybridized carbons (Fsp3) is 0.421. The second kappa shape index (κ2) is 8.90. The van der Waals surface area contributed by atoms with Crippen molar-refractivity contribution in [1.29, 1.82) is 0 Å². The Bertz CT molecular complexity index is 1010. The van der Waals surface area contributed by atoms with Crippen molar-refractivity contribution in [2.24, 2.45) is 0 Å². The second-order valence-electron chi connectivity index (χ2n) is 7.33. The lowest BCUT2D eigenvalue weighted by Gasteiger charge is -2.19. The van der Waals surface area contributed by atoms with Gasteiger partial charge in [-0.3, -0.25) is 4.55 Å². The summed E-state index contributed by atoms with van der Waals surface area (Å²) < 4.78 is 64.7. The number of carbonyl (C=O) groups excluding carboxylic acids is 1. The number of ether oxygens (including phenoxy) is 2. The van der Waals surface area contributed by atoms with Crippen LogP contribution in [0.2, 0.25) is 0 Å². The number of carbonyl (C=O) groups is 1. The van der Waals surface area contributed by atoms with Crippen molar-refractivity contribution in [3.05, 3.63) is 47.5 Å². The lowest BCUT2D eigenvalue weighted by molar-refractivity contribution is -0.208. The van der Waals surface area contributed by atoms with E-state index in [1.54, 1.807) is 26.0 Å². The largest absolute Gasteiger partial charge is 0.430 e. The van der Waals surface area contributed by atoms with E-state index in [0.717, 1.165) is 16.3 Å². The first-order chi connectivity index (χ1) is 13.7. The Morgan fingerprint density at radius 2 is 1.87 bits per heavy atom. The van der Waals surface area contributed by atoms with E-state index in [4.69, 9.17) is 14.4 Å². The fourth-order valence-electron chi connectivity index (χ4n) is 2.73. The number of halogens is 2. The molecule has 0 aliphatic rings. The zero-order valence-electron chi connectivity index (χ0n) is 16.2. The van der Waals surface area contributed by atoms with E-state index in [1.165, 1.54) is 0 Å². The summed E-state index contributed by atoms with van der Waals surface area (Å²) in [6, 6.07) is 10.9. The van der Waals surface area contributed by atoms with Crippen molar-refractivity contribution < 1.29 is 46.2 Å². The summed E-state index contributed by atoms with van der Waals surface area (Å²) in [6.07, 6.45) is -2.93. The van der Waals surface area contributed by atoms with Crippen LogP contribution < -0.4 is 0 Å². The Morgan fingerprint density at radius 3 is 2.47 bits per heavy atom. The molecule has 0 fully saturated rings. The standard InChI is InChI=1S/C19H22F2O8S/c1-18(2,24)9-12-6-7-15-13(8-12)4-3-5-14(15)10-28-11-16(22)29-17(23)19(20,21)30(25,26)27/h3-8,17,23-24H,9-11H2,1-2H3,(H,25,26,27). The van der Waals surface area contributed by atoms with Crippen LogP contribution in [0.4, 0.5) is 8.78 Å². The summed E-state index contributed by atoms with van der Waals surface area (Å²) in [7, 11) is -5.97. The van der Waals surface area contributed by atoms with E-state index in [9.17, 15) is 27.1 Å². The molecule has 0 aromatic heterocycles. The topological polar surface area (TPSA) is 130 Å². The average molecular weight is 448 g/mol. The number of aliphatic hydroxyl groups is 2. The van der Waals surface area contributed by atoms with Crippen LogP contribution in [0, 0.1) is 0 Å². The van der Waals surface area contributed by atoms with Crippen molar-refractivity contribution in [1.82, 2.24) is 0 Å². The van der Waals surface area contributed by atoms with Gasteiger partial charge in [0, 0.05) is 6.42 Å². The maximum Gasteiger partial charge on any atom is 0.430 e. The molecule has 0 amide bonds. The normalized spacial score (nSPS) is 14.0. The van der Waals surface area contributed by atoms with Crippen LogP contribution in [0.25, 0.3) is 10.8 Å². The number of hydrogen-bond donors (Lipinski definition) is 3. The maximum atomic E-state index is 13.2. The molecule has 2 aromatic rings. The highest BCUT2D eigenvalue weighted by atomic mass is 32.2. The Labute approximate surface area is 171 Å². The number of rotatable bonds is 9. The SMILES string of the molecule is CC(C)(O)Cc1ccc2c(COCC(=O)OC(O)C(F)(F)S(=O)(=O)O)cccc2c1. The predicted octanol–water partition coefficient (Wildman–Crippen LogP) is 2.01. The molecule has 0 radical (unpaired) electrons. The van der Waals surface area contributed by atoms with Gasteiger partial charge in [-0.15, -0.1) is 0 Å². The van der Waals surface area contributed by atoms with Crippen molar-refractivity contribution in [3.8, 4) is 0 Å². The first-order valence-corrected chi connectivity index (χ1v) is 10.2. The van der Waals surface area contributed by atoms with Crippen LogP contribution in [0.3, 0.4) is 0 Å². The van der Waals surface area contributed by atoms with E-state index < -0.39 is 39.8 Å². The van der Waals surface area contributed by atoms with Crippen LogP contribution in [0.5, 0.6) is 0 Å². The predicted molar refractivity (Wildman–Crippen MR) is 102 cm³/mol. The Kier molecular flexibility index (Phi) is 7.15. The van der Waals surface area contributed by atoms with Gasteiger partial charge in [-0.1, -0.05) is 36.4 Å². The molecule has 1 unspecified atom stereocenters. The van der Waals surface area contributed by atoms with Crippen LogP contribution >= 0.6 is 0 Å². The molecular weight excluding hydrogens is 426 g/mol. The van der Waals surface area contributed by atoms with Crippen molar-refractivity contribution >= 4 is 26.9 Å². The molecule has 0 bridgehead atoms. The summed E-state index contributed by atoms with van der Waals surface area (Å²) in [4.78, 5) is 11.5. The Hall–Kier alpha value is -2.18. The highest BCUT2D eigenvalue weighted by Gasteiger charge is 2.54. The molecule has 0 saturated heterocycles. The van der Waals surface area contributed by atoms with Gasteiger partial charge in [0.2, 0.25) is 0 Å². The molecular formula is C19H22F2O8S. The quantitative estimate of drug-likeness (QED) is 0.302. The highest BCUT2D eigenvalue weighted by molar-refractivity contribution is 7.86. The van der Waals surface area contributed by atoms with Gasteiger partial charge in [0.25, 0.3) is 6.29 Å². The van der Waals surface area contributed by atoms with Gasteiger partial charge < -0.3 is 19.7 Å². The van der Waals surface area contributed by atoms with E-state index in [0.29, 0.717) is 12.0 Å². The zero-order valence-corrected chi connectivity index (χ0v) is 17.0. The van der Waals surface area contributed by atoms with Crippen LogP contribution in [0.1, 0.15) is 25.0 Å². The number of hydrogen-bond acceptors (Lipinski definition) is 7. The number of esters is 1. The average Bonchev–Trinajstić information content (AvgIpc) is 2.59. The smallest absolute Gasteiger partial charge is 0.426 e. The highest BCUT2D eigenvalue weighted by Crippen LogP contribution is 2.26. The van der Waals surface area contributed by atoms with Crippen molar-refractivity contribution in [2.75, 3.05) is 6.61 Å². The van der Waals surface area contributed by atoms with Crippen molar-refractivity contribution in [2.45, 2.75) is 44.0 Å². The van der Waals surface area contributed by atoms with Gasteiger partial charge in [-0.25, -0.2) is 4.79 Å². The first-order valence-electron chi connectivity index (χ1n) is 8.74. The third-order valence-electron chi connectivity index (χ3n) is 4.02. The molecule has 0 aliphatic carbocycles. The third kappa shape index (κ3) is 6.16. The molecule has 1 atom stereocenters. The van der Waals surface area contributed by atoms with Gasteiger partial charge >= 0.3 is 21.3 Å². The van der Waals surface area contributed by atoms with Crippen LogP contribution in [-0.4, -0.2) is 52.9 Å². The van der Waals surface area contributed by atoms with Gasteiger partial charge in [-0.05, 0) is 35.7 Å². The van der Waals surface area contributed by atoms with Crippen molar-refractivity contribution in [3.63, 3.8) is 0 Å². The maximum absolute atomic E-state index is 13.2. The molecule has 166 valence electrons. The molecule has 2 rings (SSSR count). The zero-order chi connectivity index (χ0) is 22.7. The Morgan fingerprint density at radius 1 is 1.20 bits per heavy atom. The minimum atomic E-state index is -5.97. The van der Waals surface area contributed by atoms with E-state index >= 15 is 0 Å². The lowest BCUT2D eigenvalue weighted by Crippen LogP contribution is -2.44. The fourth-order valence-corrected chi connectivity index (χ4v) is 3.04. The molecule has 0 aliphatic heterocycles. The van der Waals surface area contributed by atoms with E-state index in [-0.39, 0.29) is 6.61 Å². The Balaban J connectivity index is 2.00. The number of benzene rings is 2. The number of fused-ring (bicyclic) bond motifs is 1.